The van der Waals surface area contributed by atoms with Crippen molar-refractivity contribution in [2.75, 3.05) is 0 Å². The lowest BCUT2D eigenvalue weighted by Gasteiger charge is -2.19. The van der Waals surface area contributed by atoms with Crippen LogP contribution in [0.3, 0.4) is 0 Å². The number of benzene rings is 1. The second-order valence-corrected chi connectivity index (χ2v) is 7.22. The number of esters is 1. The van der Waals surface area contributed by atoms with Gasteiger partial charge in [0.2, 0.25) is 0 Å². The van der Waals surface area contributed by atoms with Gasteiger partial charge < -0.3 is 9.30 Å². The van der Waals surface area contributed by atoms with Gasteiger partial charge in [-0.25, -0.2) is 4.98 Å². The van der Waals surface area contributed by atoms with Crippen molar-refractivity contribution in [3.63, 3.8) is 0 Å². The van der Waals surface area contributed by atoms with Gasteiger partial charge >= 0.3 is 5.97 Å². The summed E-state index contributed by atoms with van der Waals surface area (Å²) in [5.74, 6) is 1.01. The molecule has 0 radical (unpaired) electrons. The van der Waals surface area contributed by atoms with E-state index in [0.29, 0.717) is 5.92 Å². The summed E-state index contributed by atoms with van der Waals surface area (Å²) in [4.78, 5) is 21.1. The number of hydrogen-bond donors (Lipinski definition) is 0. The summed E-state index contributed by atoms with van der Waals surface area (Å²) in [6.45, 7) is 8.80. The molecule has 0 aliphatic rings. The lowest BCUT2D eigenvalue weighted by atomic mass is 10.1. The van der Waals surface area contributed by atoms with Crippen molar-refractivity contribution in [2.24, 2.45) is 5.92 Å². The summed E-state index contributed by atoms with van der Waals surface area (Å²) in [5.41, 5.74) is 2.88. The molecule has 1 atom stereocenters. The zero-order valence-corrected chi connectivity index (χ0v) is 16.0. The van der Waals surface area contributed by atoms with Crippen LogP contribution in [0, 0.1) is 5.92 Å². The number of ether oxygens (including phenoxy) is 1. The third kappa shape index (κ3) is 3.71. The van der Waals surface area contributed by atoms with Crippen LogP contribution in [0.25, 0.3) is 21.9 Å². The van der Waals surface area contributed by atoms with Gasteiger partial charge in [0.15, 0.2) is 11.9 Å². The molecule has 0 amide bonds. The van der Waals surface area contributed by atoms with Gasteiger partial charge in [0.1, 0.15) is 5.52 Å². The number of unbranched alkanes of at least 4 members (excludes halogenated alkanes) is 1. The Kier molecular flexibility index (Phi) is 5.55. The van der Waals surface area contributed by atoms with Gasteiger partial charge in [-0.1, -0.05) is 45.4 Å². The maximum absolute atomic E-state index is 11.7. The van der Waals surface area contributed by atoms with E-state index in [9.17, 15) is 4.79 Å². The van der Waals surface area contributed by atoms with Gasteiger partial charge in [0.05, 0.1) is 17.2 Å². The fraction of sp³-hybridized carbons (Fsp3) is 0.476. The molecule has 26 heavy (non-hydrogen) atoms. The molecule has 3 rings (SSSR count). The van der Waals surface area contributed by atoms with Crippen molar-refractivity contribution < 1.29 is 9.53 Å². The van der Waals surface area contributed by atoms with Crippen LogP contribution in [-0.2, 0) is 16.1 Å². The van der Waals surface area contributed by atoms with Crippen LogP contribution in [0.15, 0.2) is 30.5 Å². The van der Waals surface area contributed by atoms with Crippen molar-refractivity contribution in [3.8, 4) is 0 Å². The Morgan fingerprint density at radius 2 is 2.00 bits per heavy atom. The van der Waals surface area contributed by atoms with Gasteiger partial charge in [-0.05, 0) is 24.8 Å². The third-order valence-corrected chi connectivity index (χ3v) is 4.47. The SMILES string of the molecule is CCCCC(OC(C)=O)c1nc2cnc3ccccc3c2n1CC(C)C. The Hall–Kier alpha value is -2.43. The van der Waals surface area contributed by atoms with Gasteiger partial charge in [0.25, 0.3) is 0 Å². The van der Waals surface area contributed by atoms with E-state index in [1.165, 1.54) is 6.92 Å². The summed E-state index contributed by atoms with van der Waals surface area (Å²) in [5, 5.41) is 1.08. The maximum Gasteiger partial charge on any atom is 0.303 e. The average Bonchev–Trinajstić information content (AvgIpc) is 2.96. The number of hydrogen-bond acceptors (Lipinski definition) is 4. The summed E-state index contributed by atoms with van der Waals surface area (Å²) >= 11 is 0. The fourth-order valence-electron chi connectivity index (χ4n) is 3.41. The number of aromatic nitrogens is 3. The molecule has 0 aliphatic heterocycles. The summed E-state index contributed by atoms with van der Waals surface area (Å²) in [6, 6.07) is 8.12. The molecule has 138 valence electrons. The average molecular weight is 353 g/mol. The van der Waals surface area contributed by atoms with Crippen molar-refractivity contribution in [3.05, 3.63) is 36.3 Å². The molecule has 5 heteroatoms. The molecule has 5 nitrogen and oxygen atoms in total. The van der Waals surface area contributed by atoms with Gasteiger partial charge in [-0.3, -0.25) is 9.78 Å². The highest BCUT2D eigenvalue weighted by Crippen LogP contribution is 2.31. The first-order valence-electron chi connectivity index (χ1n) is 9.42. The van der Waals surface area contributed by atoms with E-state index in [1.807, 2.05) is 24.4 Å². The van der Waals surface area contributed by atoms with E-state index >= 15 is 0 Å². The summed E-state index contributed by atoms with van der Waals surface area (Å²) < 4.78 is 7.89. The first kappa shape index (κ1) is 18.4. The molecule has 0 fully saturated rings. The minimum absolute atomic E-state index is 0.266. The Morgan fingerprint density at radius 1 is 1.23 bits per heavy atom. The molecule has 3 aromatic rings. The number of rotatable bonds is 7. The maximum atomic E-state index is 11.7. The Labute approximate surface area is 154 Å². The van der Waals surface area contributed by atoms with Crippen LogP contribution in [0.2, 0.25) is 0 Å². The highest BCUT2D eigenvalue weighted by Gasteiger charge is 2.24. The number of fused-ring (bicyclic) bond motifs is 3. The number of carbonyl (C=O) groups is 1. The van der Waals surface area contributed by atoms with E-state index in [1.54, 1.807) is 0 Å². The Morgan fingerprint density at radius 3 is 2.69 bits per heavy atom. The van der Waals surface area contributed by atoms with Crippen LogP contribution in [-0.4, -0.2) is 20.5 Å². The second-order valence-electron chi connectivity index (χ2n) is 7.22. The third-order valence-electron chi connectivity index (χ3n) is 4.47. The Balaban J connectivity index is 2.22. The number of nitrogens with zero attached hydrogens (tertiary/aromatic N) is 3. The van der Waals surface area contributed by atoms with Crippen LogP contribution in [0.4, 0.5) is 0 Å². The van der Waals surface area contributed by atoms with Crippen LogP contribution < -0.4 is 0 Å². The molecule has 0 saturated carbocycles. The number of carbonyl (C=O) groups excluding carboxylic acids is 1. The smallest absolute Gasteiger partial charge is 0.303 e. The van der Waals surface area contributed by atoms with Crippen molar-refractivity contribution in [1.82, 2.24) is 14.5 Å². The van der Waals surface area contributed by atoms with Crippen LogP contribution >= 0.6 is 0 Å². The summed E-state index contributed by atoms with van der Waals surface area (Å²) in [6.07, 6.45) is 4.32. The number of imidazole rings is 1. The van der Waals surface area contributed by atoms with E-state index in [-0.39, 0.29) is 12.1 Å². The molecule has 1 aromatic carbocycles. The summed E-state index contributed by atoms with van der Waals surface area (Å²) in [7, 11) is 0. The molecule has 0 aliphatic carbocycles. The Bertz CT molecular complexity index is 914. The van der Waals surface area contributed by atoms with Gasteiger partial charge in [0, 0.05) is 18.9 Å². The quantitative estimate of drug-likeness (QED) is 0.559. The molecule has 2 heterocycles. The van der Waals surface area contributed by atoms with Crippen molar-refractivity contribution >= 4 is 27.9 Å². The van der Waals surface area contributed by atoms with Crippen molar-refractivity contribution in [2.45, 2.75) is 59.6 Å². The van der Waals surface area contributed by atoms with Gasteiger partial charge in [-0.2, -0.15) is 0 Å². The predicted octanol–water partition coefficient (Wildman–Crippen LogP) is 5.03. The van der Waals surface area contributed by atoms with E-state index in [4.69, 9.17) is 9.72 Å². The lowest BCUT2D eigenvalue weighted by molar-refractivity contribution is -0.147. The van der Waals surface area contributed by atoms with Crippen molar-refractivity contribution in [1.29, 1.82) is 0 Å². The molecule has 0 N–H and O–H groups in total. The molecule has 0 saturated heterocycles. The first-order valence-corrected chi connectivity index (χ1v) is 9.42. The minimum Gasteiger partial charge on any atom is -0.454 e. The lowest BCUT2D eigenvalue weighted by Crippen LogP contribution is -2.16. The monoisotopic (exact) mass is 353 g/mol. The molecule has 2 aromatic heterocycles. The van der Waals surface area contributed by atoms with E-state index in [2.05, 4.69) is 36.4 Å². The normalized spacial score (nSPS) is 12.8. The van der Waals surface area contributed by atoms with E-state index < -0.39 is 0 Å². The van der Waals surface area contributed by atoms with Gasteiger partial charge in [-0.15, -0.1) is 0 Å². The first-order chi connectivity index (χ1) is 12.5. The van der Waals surface area contributed by atoms with Crippen LogP contribution in [0.5, 0.6) is 0 Å². The zero-order chi connectivity index (χ0) is 18.7. The molecule has 0 bridgehead atoms. The zero-order valence-electron chi connectivity index (χ0n) is 16.0. The van der Waals surface area contributed by atoms with Crippen LogP contribution in [0.1, 0.15) is 58.9 Å². The number of pyridine rings is 1. The molecular weight excluding hydrogens is 326 g/mol. The second kappa shape index (κ2) is 7.85. The standard InChI is InChI=1S/C21H27N3O2/c1-5-6-11-19(26-15(4)25)21-23-18-12-22-17-10-8-7-9-16(17)20(18)24(21)13-14(2)3/h7-10,12,14,19H,5-6,11,13H2,1-4H3. The van der Waals surface area contributed by atoms with E-state index in [0.717, 1.165) is 53.6 Å². The fourth-order valence-corrected chi connectivity index (χ4v) is 3.41. The highest BCUT2D eigenvalue weighted by atomic mass is 16.5. The molecule has 0 spiro atoms. The molecule has 1 unspecified atom stereocenters. The number of para-hydroxylation sites is 1. The largest absolute Gasteiger partial charge is 0.454 e. The molecular formula is C21H27N3O2. The minimum atomic E-state index is -0.322. The predicted molar refractivity (Wildman–Crippen MR) is 104 cm³/mol. The highest BCUT2D eigenvalue weighted by molar-refractivity contribution is 6.02. The topological polar surface area (TPSA) is 57.0 Å².